The zero-order valence-corrected chi connectivity index (χ0v) is 8.69. The van der Waals surface area contributed by atoms with Crippen LogP contribution in [0.5, 0.6) is 0 Å². The third-order valence-electron chi connectivity index (χ3n) is 2.19. The fourth-order valence-electron chi connectivity index (χ4n) is 1.09. The second kappa shape index (κ2) is 6.19. The zero-order chi connectivity index (χ0) is 11.1. The van der Waals surface area contributed by atoms with E-state index >= 15 is 0 Å². The Kier molecular flexibility index (Phi) is 4.83. The lowest BCUT2D eigenvalue weighted by molar-refractivity contribution is -0.115. The summed E-state index contributed by atoms with van der Waals surface area (Å²) in [6.45, 7) is 0.832. The quantitative estimate of drug-likeness (QED) is 0.625. The van der Waals surface area contributed by atoms with Crippen molar-refractivity contribution in [2.75, 3.05) is 13.1 Å². The molecule has 1 saturated carbocycles. The van der Waals surface area contributed by atoms with E-state index in [4.69, 9.17) is 5.73 Å². The van der Waals surface area contributed by atoms with Crippen LogP contribution in [0.4, 0.5) is 4.79 Å². The molecule has 5 nitrogen and oxygen atoms in total. The van der Waals surface area contributed by atoms with E-state index in [1.165, 1.54) is 12.8 Å². The molecule has 0 bridgehead atoms. The van der Waals surface area contributed by atoms with Gasteiger partial charge in [-0.05, 0) is 31.7 Å². The molecule has 3 N–H and O–H groups in total. The van der Waals surface area contributed by atoms with Gasteiger partial charge in [0, 0.05) is 12.7 Å². The monoisotopic (exact) mass is 211 g/mol. The summed E-state index contributed by atoms with van der Waals surface area (Å²) in [6, 6.07) is -0.393. The normalized spacial score (nSPS) is 15.3. The topological polar surface area (TPSA) is 75.4 Å². The fraction of sp³-hybridized carbons (Fsp3) is 0.600. The highest BCUT2D eigenvalue weighted by Gasteiger charge is 2.17. The summed E-state index contributed by atoms with van der Waals surface area (Å²) in [6.07, 6.45) is 7.09. The van der Waals surface area contributed by atoms with Gasteiger partial charge in [-0.25, -0.2) is 4.79 Å². The van der Waals surface area contributed by atoms with Gasteiger partial charge >= 0.3 is 6.03 Å². The Hall–Kier alpha value is -1.36. The highest BCUT2D eigenvalue weighted by molar-refractivity contribution is 5.85. The van der Waals surface area contributed by atoms with Crippen LogP contribution in [0.25, 0.3) is 0 Å². The molecule has 15 heavy (non-hydrogen) atoms. The number of hydrogen-bond donors (Lipinski definition) is 2. The molecule has 0 saturated heterocycles. The molecule has 0 radical (unpaired) electrons. The molecule has 3 amide bonds. The third-order valence-corrected chi connectivity index (χ3v) is 2.19. The Morgan fingerprint density at radius 1 is 1.53 bits per heavy atom. The Bertz CT molecular complexity index is 249. The van der Waals surface area contributed by atoms with Gasteiger partial charge in [-0.15, -0.1) is 0 Å². The molecule has 0 heterocycles. The van der Waals surface area contributed by atoms with Crippen LogP contribution in [0.15, 0.2) is 12.3 Å². The van der Waals surface area contributed by atoms with E-state index in [9.17, 15) is 9.59 Å². The molecule has 0 aromatic heterocycles. The molecule has 1 fully saturated rings. The lowest BCUT2D eigenvalue weighted by Gasteiger charge is -2.13. The maximum Gasteiger partial charge on any atom is 0.327 e. The number of nitrogens with two attached hydrogens (primary N) is 1. The van der Waals surface area contributed by atoms with Crippen molar-refractivity contribution in [3.05, 3.63) is 12.3 Å². The first-order chi connectivity index (χ1) is 7.27. The van der Waals surface area contributed by atoms with Gasteiger partial charge in [0.2, 0.25) is 6.41 Å². The number of hydrogen-bond acceptors (Lipinski definition) is 3. The maximum absolute atomic E-state index is 11.4. The smallest absolute Gasteiger partial charge is 0.327 e. The molecule has 1 aliphatic carbocycles. The maximum atomic E-state index is 11.4. The first-order valence-corrected chi connectivity index (χ1v) is 5.17. The predicted molar refractivity (Wildman–Crippen MR) is 56.8 cm³/mol. The van der Waals surface area contributed by atoms with Crippen LogP contribution in [-0.4, -0.2) is 30.4 Å². The molecule has 1 rings (SSSR count). The average molecular weight is 211 g/mol. The van der Waals surface area contributed by atoms with E-state index in [1.807, 2.05) is 6.08 Å². The third kappa shape index (κ3) is 4.60. The van der Waals surface area contributed by atoms with Crippen molar-refractivity contribution < 1.29 is 9.59 Å². The molecule has 0 atom stereocenters. The lowest BCUT2D eigenvalue weighted by Crippen LogP contribution is -2.37. The van der Waals surface area contributed by atoms with E-state index in [0.29, 0.717) is 31.8 Å². The summed E-state index contributed by atoms with van der Waals surface area (Å²) >= 11 is 0. The molecular formula is C10H17N3O2. The number of urea groups is 1. The molecule has 5 heteroatoms. The zero-order valence-electron chi connectivity index (χ0n) is 8.69. The van der Waals surface area contributed by atoms with Crippen LogP contribution in [0.3, 0.4) is 0 Å². The number of imide groups is 1. The van der Waals surface area contributed by atoms with Gasteiger partial charge in [-0.3, -0.25) is 9.69 Å². The first kappa shape index (κ1) is 11.7. The number of rotatable bonds is 6. The van der Waals surface area contributed by atoms with Crippen LogP contribution in [0.2, 0.25) is 0 Å². The minimum atomic E-state index is -0.393. The molecule has 0 aromatic rings. The molecular weight excluding hydrogens is 194 g/mol. The SMILES string of the molecule is NCCCN(C=O)C(=O)N/C=C/C1CC1. The highest BCUT2D eigenvalue weighted by Crippen LogP contribution is 2.29. The van der Waals surface area contributed by atoms with Crippen LogP contribution in [0.1, 0.15) is 19.3 Å². The number of carbonyl (C=O) groups is 2. The van der Waals surface area contributed by atoms with Crippen LogP contribution in [-0.2, 0) is 4.79 Å². The summed E-state index contributed by atoms with van der Waals surface area (Å²) in [7, 11) is 0. The standard InChI is InChI=1S/C10H17N3O2/c11-5-1-7-13(8-14)10(15)12-6-4-9-2-3-9/h4,6,8-9H,1-3,5,7,11H2,(H,12,15)/b6-4+. The van der Waals surface area contributed by atoms with E-state index in [-0.39, 0.29) is 0 Å². The van der Waals surface area contributed by atoms with Gasteiger partial charge < -0.3 is 11.1 Å². The summed E-state index contributed by atoms with van der Waals surface area (Å²) in [5.74, 6) is 0.610. The molecule has 84 valence electrons. The lowest BCUT2D eigenvalue weighted by atomic mass is 10.4. The van der Waals surface area contributed by atoms with Gasteiger partial charge in [-0.1, -0.05) is 6.08 Å². The predicted octanol–water partition coefficient (Wildman–Crippen LogP) is 0.427. The molecule has 1 aliphatic rings. The summed E-state index contributed by atoms with van der Waals surface area (Å²) < 4.78 is 0. The molecule has 0 aromatic carbocycles. The highest BCUT2D eigenvalue weighted by atomic mass is 16.2. The van der Waals surface area contributed by atoms with E-state index in [0.717, 1.165) is 4.90 Å². The van der Waals surface area contributed by atoms with Crippen molar-refractivity contribution in [3.8, 4) is 0 Å². The largest absolute Gasteiger partial charge is 0.330 e. The van der Waals surface area contributed by atoms with Gasteiger partial charge in [0.05, 0.1) is 0 Å². The molecule has 0 aliphatic heterocycles. The van der Waals surface area contributed by atoms with Crippen molar-refractivity contribution in [1.82, 2.24) is 10.2 Å². The van der Waals surface area contributed by atoms with Crippen LogP contribution in [0, 0.1) is 5.92 Å². The van der Waals surface area contributed by atoms with E-state index in [2.05, 4.69) is 5.32 Å². The van der Waals surface area contributed by atoms with Crippen molar-refractivity contribution in [2.45, 2.75) is 19.3 Å². The Morgan fingerprint density at radius 3 is 2.80 bits per heavy atom. The van der Waals surface area contributed by atoms with Gasteiger partial charge in [-0.2, -0.15) is 0 Å². The number of amides is 3. The number of allylic oxidation sites excluding steroid dienone is 1. The summed E-state index contributed by atoms with van der Waals surface area (Å²) in [5.41, 5.74) is 5.29. The molecule has 0 spiro atoms. The number of nitrogens with zero attached hydrogens (tertiary/aromatic N) is 1. The van der Waals surface area contributed by atoms with Crippen molar-refractivity contribution in [1.29, 1.82) is 0 Å². The van der Waals surface area contributed by atoms with Gasteiger partial charge in [0.1, 0.15) is 0 Å². The molecule has 0 unspecified atom stereocenters. The van der Waals surface area contributed by atoms with Gasteiger partial charge in [0.15, 0.2) is 0 Å². The second-order valence-electron chi connectivity index (χ2n) is 3.59. The van der Waals surface area contributed by atoms with Crippen LogP contribution < -0.4 is 11.1 Å². The summed E-state index contributed by atoms with van der Waals surface area (Å²) in [5, 5.41) is 2.55. The van der Waals surface area contributed by atoms with Gasteiger partial charge in [0.25, 0.3) is 0 Å². The first-order valence-electron chi connectivity index (χ1n) is 5.17. The van der Waals surface area contributed by atoms with Crippen LogP contribution >= 0.6 is 0 Å². The second-order valence-corrected chi connectivity index (χ2v) is 3.59. The average Bonchev–Trinajstić information content (AvgIpc) is 3.03. The minimum absolute atomic E-state index is 0.364. The number of nitrogens with one attached hydrogen (secondary N) is 1. The Balaban J connectivity index is 2.24. The fourth-order valence-corrected chi connectivity index (χ4v) is 1.09. The van der Waals surface area contributed by atoms with E-state index in [1.54, 1.807) is 6.20 Å². The van der Waals surface area contributed by atoms with Crippen molar-refractivity contribution >= 4 is 12.4 Å². The van der Waals surface area contributed by atoms with Crippen molar-refractivity contribution in [3.63, 3.8) is 0 Å². The van der Waals surface area contributed by atoms with Crippen molar-refractivity contribution in [2.24, 2.45) is 11.7 Å². The Labute approximate surface area is 89.3 Å². The summed E-state index contributed by atoms with van der Waals surface area (Å²) in [4.78, 5) is 23.0. The van der Waals surface area contributed by atoms with E-state index < -0.39 is 6.03 Å². The Morgan fingerprint density at radius 2 is 2.27 bits per heavy atom. The number of carbonyl (C=O) groups excluding carboxylic acids is 2. The minimum Gasteiger partial charge on any atom is -0.330 e.